The molecule has 2 fully saturated rings. The molecular formula is C16H23O3P. The highest BCUT2D eigenvalue weighted by molar-refractivity contribution is 7.68. The highest BCUT2D eigenvalue weighted by atomic mass is 31.2. The van der Waals surface area contributed by atoms with Gasteiger partial charge in [0.25, 0.3) is 7.37 Å². The van der Waals surface area contributed by atoms with Gasteiger partial charge in [0, 0.05) is 5.30 Å². The highest BCUT2D eigenvalue weighted by Gasteiger charge is 2.65. The minimum absolute atomic E-state index is 0.383. The Balaban J connectivity index is 1.96. The summed E-state index contributed by atoms with van der Waals surface area (Å²) in [6.07, 6.45) is 5.96. The number of hydrogen-bond acceptors (Lipinski definition) is 3. The van der Waals surface area contributed by atoms with E-state index in [9.17, 15) is 4.57 Å². The summed E-state index contributed by atoms with van der Waals surface area (Å²) in [6.45, 7) is 2.96. The van der Waals surface area contributed by atoms with E-state index in [0.29, 0.717) is 19.1 Å². The van der Waals surface area contributed by atoms with E-state index in [1.807, 2.05) is 37.3 Å². The molecule has 110 valence electrons. The molecule has 4 heteroatoms. The van der Waals surface area contributed by atoms with Crippen LogP contribution in [-0.4, -0.2) is 18.6 Å². The number of ether oxygens (including phenoxy) is 1. The number of epoxide rings is 1. The highest BCUT2D eigenvalue weighted by Crippen LogP contribution is 2.69. The Morgan fingerprint density at radius 1 is 1.25 bits per heavy atom. The number of rotatable bonds is 5. The van der Waals surface area contributed by atoms with Gasteiger partial charge < -0.3 is 9.26 Å². The lowest BCUT2D eigenvalue weighted by Gasteiger charge is -2.33. The maximum atomic E-state index is 13.7. The molecule has 1 aliphatic carbocycles. The lowest BCUT2D eigenvalue weighted by atomic mass is 9.87. The van der Waals surface area contributed by atoms with E-state index in [2.05, 4.69) is 0 Å². The summed E-state index contributed by atoms with van der Waals surface area (Å²) in [5, 5.41) is 0.273. The predicted octanol–water partition coefficient (Wildman–Crippen LogP) is 3.93. The fraction of sp³-hybridized carbons (Fsp3) is 0.625. The van der Waals surface area contributed by atoms with Gasteiger partial charge in [0.1, 0.15) is 0 Å². The Morgan fingerprint density at radius 2 is 1.90 bits per heavy atom. The second kappa shape index (κ2) is 5.63. The fourth-order valence-corrected chi connectivity index (χ4v) is 6.36. The summed E-state index contributed by atoms with van der Waals surface area (Å²) in [5.74, 6) is 0.383. The third-order valence-electron chi connectivity index (χ3n) is 4.59. The van der Waals surface area contributed by atoms with Crippen molar-refractivity contribution in [2.75, 3.05) is 13.2 Å². The van der Waals surface area contributed by atoms with Gasteiger partial charge in [0.05, 0.1) is 13.2 Å². The lowest BCUT2D eigenvalue weighted by Crippen LogP contribution is -2.32. The second-order valence-electron chi connectivity index (χ2n) is 5.77. The fourth-order valence-electron chi connectivity index (χ4n) is 3.48. The summed E-state index contributed by atoms with van der Waals surface area (Å²) in [5.41, 5.74) is 0. The zero-order chi connectivity index (χ0) is 14.1. The molecule has 0 amide bonds. The van der Waals surface area contributed by atoms with Crippen molar-refractivity contribution in [2.45, 2.75) is 44.4 Å². The topological polar surface area (TPSA) is 38.8 Å². The van der Waals surface area contributed by atoms with Crippen LogP contribution in [0.5, 0.6) is 0 Å². The molecule has 0 bridgehead atoms. The van der Waals surface area contributed by atoms with E-state index in [-0.39, 0.29) is 0 Å². The molecule has 1 aliphatic heterocycles. The Kier molecular flexibility index (Phi) is 4.03. The van der Waals surface area contributed by atoms with E-state index < -0.39 is 12.7 Å². The normalized spacial score (nSPS) is 29.9. The first-order valence-corrected chi connectivity index (χ1v) is 9.30. The van der Waals surface area contributed by atoms with Crippen LogP contribution in [0, 0.1) is 5.92 Å². The first kappa shape index (κ1) is 14.3. The van der Waals surface area contributed by atoms with Crippen molar-refractivity contribution in [1.29, 1.82) is 0 Å². The minimum atomic E-state index is -2.95. The van der Waals surface area contributed by atoms with Gasteiger partial charge in [-0.05, 0) is 37.8 Å². The quantitative estimate of drug-likeness (QED) is 0.610. The van der Waals surface area contributed by atoms with Crippen molar-refractivity contribution in [1.82, 2.24) is 0 Å². The van der Waals surface area contributed by atoms with Gasteiger partial charge in [0.15, 0.2) is 5.34 Å². The van der Waals surface area contributed by atoms with Crippen LogP contribution < -0.4 is 5.30 Å². The zero-order valence-electron chi connectivity index (χ0n) is 12.1. The Labute approximate surface area is 121 Å². The maximum absolute atomic E-state index is 13.7. The molecule has 1 saturated heterocycles. The van der Waals surface area contributed by atoms with Gasteiger partial charge in [-0.1, -0.05) is 37.5 Å². The molecule has 1 aromatic carbocycles. The molecule has 3 rings (SSSR count). The van der Waals surface area contributed by atoms with Gasteiger partial charge in [0.2, 0.25) is 0 Å². The van der Waals surface area contributed by atoms with Crippen LogP contribution in [0.3, 0.4) is 0 Å². The molecular weight excluding hydrogens is 271 g/mol. The third-order valence-corrected chi connectivity index (χ3v) is 7.81. The van der Waals surface area contributed by atoms with Crippen molar-refractivity contribution < 1.29 is 13.8 Å². The van der Waals surface area contributed by atoms with E-state index >= 15 is 0 Å². The van der Waals surface area contributed by atoms with Crippen LogP contribution in [-0.2, 0) is 13.8 Å². The van der Waals surface area contributed by atoms with Gasteiger partial charge >= 0.3 is 0 Å². The molecule has 2 atom stereocenters. The molecule has 2 aliphatic rings. The molecule has 20 heavy (non-hydrogen) atoms. The van der Waals surface area contributed by atoms with Crippen LogP contribution in [0.15, 0.2) is 30.3 Å². The van der Waals surface area contributed by atoms with Gasteiger partial charge in [-0.2, -0.15) is 0 Å². The van der Waals surface area contributed by atoms with Crippen molar-refractivity contribution in [3.63, 3.8) is 0 Å². The molecule has 3 nitrogen and oxygen atoms in total. The molecule has 1 saturated carbocycles. The number of hydrogen-bond donors (Lipinski definition) is 0. The van der Waals surface area contributed by atoms with E-state index in [0.717, 1.165) is 18.1 Å². The van der Waals surface area contributed by atoms with Gasteiger partial charge in [-0.3, -0.25) is 4.57 Å². The van der Waals surface area contributed by atoms with E-state index in [4.69, 9.17) is 9.26 Å². The van der Waals surface area contributed by atoms with Gasteiger partial charge in [-0.25, -0.2) is 0 Å². The third kappa shape index (κ3) is 2.26. The number of benzene rings is 1. The minimum Gasteiger partial charge on any atom is -0.358 e. The molecule has 0 N–H and O–H groups in total. The molecule has 0 aromatic heterocycles. The first-order chi connectivity index (χ1) is 9.73. The summed E-state index contributed by atoms with van der Waals surface area (Å²) in [7, 11) is -2.95. The van der Waals surface area contributed by atoms with Crippen LogP contribution >= 0.6 is 7.37 Å². The molecule has 2 unspecified atom stereocenters. The first-order valence-electron chi connectivity index (χ1n) is 7.67. The van der Waals surface area contributed by atoms with Crippen LogP contribution in [0.25, 0.3) is 0 Å². The maximum Gasteiger partial charge on any atom is 0.265 e. The van der Waals surface area contributed by atoms with Crippen LogP contribution in [0.2, 0.25) is 0 Å². The summed E-state index contributed by atoms with van der Waals surface area (Å²) >= 11 is 0. The lowest BCUT2D eigenvalue weighted by molar-refractivity contribution is 0.207. The summed E-state index contributed by atoms with van der Waals surface area (Å²) in [6, 6.07) is 9.64. The second-order valence-corrected chi connectivity index (χ2v) is 8.41. The average Bonchev–Trinajstić information content (AvgIpc) is 3.31. The Bertz CT molecular complexity index is 490. The van der Waals surface area contributed by atoms with Crippen LogP contribution in [0.1, 0.15) is 39.0 Å². The van der Waals surface area contributed by atoms with E-state index in [1.165, 1.54) is 19.3 Å². The van der Waals surface area contributed by atoms with Crippen molar-refractivity contribution in [2.24, 2.45) is 5.92 Å². The van der Waals surface area contributed by atoms with E-state index in [1.54, 1.807) is 0 Å². The summed E-state index contributed by atoms with van der Waals surface area (Å²) in [4.78, 5) is 0. The predicted molar refractivity (Wildman–Crippen MR) is 80.6 cm³/mol. The van der Waals surface area contributed by atoms with Crippen molar-refractivity contribution in [3.8, 4) is 0 Å². The van der Waals surface area contributed by atoms with Gasteiger partial charge in [-0.15, -0.1) is 0 Å². The zero-order valence-corrected chi connectivity index (χ0v) is 13.0. The summed E-state index contributed by atoms with van der Waals surface area (Å²) < 4.78 is 25.3. The van der Waals surface area contributed by atoms with Crippen molar-refractivity contribution in [3.05, 3.63) is 30.3 Å². The SMILES string of the molecule is CCOP(=O)(c1ccccc1)C1(C2CCCCC2)CO1. The van der Waals surface area contributed by atoms with Crippen molar-refractivity contribution >= 4 is 12.7 Å². The average molecular weight is 294 g/mol. The Hall–Kier alpha value is -0.630. The molecule has 1 aromatic rings. The monoisotopic (exact) mass is 294 g/mol. The molecule has 0 spiro atoms. The standard InChI is InChI=1S/C16H23O3P/c1-2-19-20(17,15-11-7-4-8-12-15)16(13-18-16)14-9-5-3-6-10-14/h4,7-8,11-12,14H,2-3,5-6,9-10,13H2,1H3. The molecule has 0 radical (unpaired) electrons. The smallest absolute Gasteiger partial charge is 0.265 e. The van der Waals surface area contributed by atoms with Crippen LogP contribution in [0.4, 0.5) is 0 Å². The largest absolute Gasteiger partial charge is 0.358 e. The Morgan fingerprint density at radius 3 is 2.45 bits per heavy atom. The molecule has 1 heterocycles.